The molecule has 0 aromatic heterocycles. The van der Waals surface area contributed by atoms with Crippen LogP contribution in [0, 0.1) is 0 Å². The van der Waals surface area contributed by atoms with E-state index < -0.39 is 0 Å². The van der Waals surface area contributed by atoms with Crippen molar-refractivity contribution in [3.05, 3.63) is 70.8 Å². The molecule has 4 aromatic carbocycles. The molecule has 0 bridgehead atoms. The average Bonchev–Trinajstić information content (AvgIpc) is 3.20. The Balaban J connectivity index is 1.49. The zero-order valence-corrected chi connectivity index (χ0v) is 33.6. The maximum atomic E-state index is 10.5. The average molecular weight is 781 g/mol. The fraction of sp³-hybridized carbons (Fsp3) is 0.429. The third kappa shape index (κ3) is 11.0. The van der Waals surface area contributed by atoms with E-state index in [-0.39, 0.29) is 23.0 Å². The summed E-state index contributed by atoms with van der Waals surface area (Å²) in [4.78, 5) is 4.56. The van der Waals surface area contributed by atoms with Gasteiger partial charge in [0.2, 0.25) is 23.0 Å². The molecule has 0 fully saturated rings. The van der Waals surface area contributed by atoms with Crippen LogP contribution in [0.25, 0.3) is 0 Å². The first-order chi connectivity index (χ1) is 27.0. The fourth-order valence-electron chi connectivity index (χ4n) is 6.64. The molecule has 4 N–H and O–H groups in total. The van der Waals surface area contributed by atoms with Crippen molar-refractivity contribution in [3.63, 3.8) is 0 Å². The van der Waals surface area contributed by atoms with Gasteiger partial charge in [-0.15, -0.1) is 0 Å². The predicted octanol–water partition coefficient (Wildman–Crippen LogP) is 6.84. The minimum absolute atomic E-state index is 0.0558. The van der Waals surface area contributed by atoms with E-state index in [9.17, 15) is 20.4 Å². The lowest BCUT2D eigenvalue weighted by Gasteiger charge is -2.25. The number of ether oxygens (including phenoxy) is 8. The summed E-state index contributed by atoms with van der Waals surface area (Å²) in [6.45, 7) is 3.63. The summed E-state index contributed by atoms with van der Waals surface area (Å²) in [5.41, 5.74) is 3.59. The van der Waals surface area contributed by atoms with Gasteiger partial charge in [-0.3, -0.25) is 9.80 Å². The number of unbranched alkanes of at least 4 members (excludes halogenated alkanes) is 3. The number of methoxy groups -OCH3 is 8. The highest BCUT2D eigenvalue weighted by molar-refractivity contribution is 5.55. The number of hydrogen-bond acceptors (Lipinski definition) is 14. The molecule has 0 aliphatic carbocycles. The number of nitrogens with zero attached hydrogens (tertiary/aromatic N) is 2. The monoisotopic (exact) mass is 780 g/mol. The second kappa shape index (κ2) is 20.9. The summed E-state index contributed by atoms with van der Waals surface area (Å²) in [5.74, 6) is 2.37. The normalized spacial score (nSPS) is 11.1. The Morgan fingerprint density at radius 3 is 0.661 bits per heavy atom. The lowest BCUT2D eigenvalue weighted by molar-refractivity contribution is 0.237. The van der Waals surface area contributed by atoms with Crippen LogP contribution < -0.4 is 37.9 Å². The minimum atomic E-state index is -0.0558. The Hall–Kier alpha value is -5.60. The highest BCUT2D eigenvalue weighted by Gasteiger charge is 2.19. The van der Waals surface area contributed by atoms with Crippen molar-refractivity contribution in [2.75, 3.05) is 70.0 Å². The zero-order valence-electron chi connectivity index (χ0n) is 33.6. The lowest BCUT2D eigenvalue weighted by atomic mass is 10.1. The van der Waals surface area contributed by atoms with Crippen LogP contribution >= 0.6 is 0 Å². The summed E-state index contributed by atoms with van der Waals surface area (Å²) < 4.78 is 43.3. The van der Waals surface area contributed by atoms with Crippen molar-refractivity contribution in [2.24, 2.45) is 0 Å². The number of phenols is 4. The summed E-state index contributed by atoms with van der Waals surface area (Å²) in [7, 11) is 12.0. The van der Waals surface area contributed by atoms with Gasteiger partial charge in [-0.2, -0.15) is 0 Å². The second-order valence-electron chi connectivity index (χ2n) is 13.2. The summed E-state index contributed by atoms with van der Waals surface area (Å²) in [5, 5.41) is 42.0. The van der Waals surface area contributed by atoms with Gasteiger partial charge in [0.15, 0.2) is 46.0 Å². The van der Waals surface area contributed by atoms with Crippen LogP contribution in [0.3, 0.4) is 0 Å². The molecule has 56 heavy (non-hydrogen) atoms. The number of rotatable bonds is 23. The molecule has 4 aromatic rings. The van der Waals surface area contributed by atoms with Crippen molar-refractivity contribution in [1.29, 1.82) is 0 Å². The molecule has 0 aliphatic rings. The van der Waals surface area contributed by atoms with Crippen LogP contribution in [-0.4, -0.2) is 100 Å². The lowest BCUT2D eigenvalue weighted by Crippen LogP contribution is -2.25. The van der Waals surface area contributed by atoms with Gasteiger partial charge in [-0.1, -0.05) is 12.8 Å². The van der Waals surface area contributed by atoms with Crippen LogP contribution in [0.5, 0.6) is 69.0 Å². The maximum absolute atomic E-state index is 10.5. The van der Waals surface area contributed by atoms with E-state index >= 15 is 0 Å². The Labute approximate surface area is 329 Å². The molecule has 306 valence electrons. The first-order valence-corrected chi connectivity index (χ1v) is 18.2. The number of phenolic OH excluding ortho intramolecular Hbond substituents is 4. The van der Waals surface area contributed by atoms with Crippen molar-refractivity contribution >= 4 is 0 Å². The molecule has 0 saturated carbocycles. The summed E-state index contributed by atoms with van der Waals surface area (Å²) in [6.07, 6.45) is 3.71. The molecule has 0 radical (unpaired) electrons. The van der Waals surface area contributed by atoms with Gasteiger partial charge in [-0.25, -0.2) is 0 Å². The number of aromatic hydroxyl groups is 4. The molecule has 0 spiro atoms. The maximum Gasteiger partial charge on any atom is 0.200 e. The molecule has 14 heteroatoms. The van der Waals surface area contributed by atoms with Crippen molar-refractivity contribution in [2.45, 2.75) is 51.9 Å². The van der Waals surface area contributed by atoms with Crippen molar-refractivity contribution in [1.82, 2.24) is 9.80 Å². The Morgan fingerprint density at radius 1 is 0.321 bits per heavy atom. The largest absolute Gasteiger partial charge is 0.502 e. The number of benzene rings is 4. The summed E-state index contributed by atoms with van der Waals surface area (Å²) in [6, 6.07) is 14.4. The van der Waals surface area contributed by atoms with E-state index in [4.69, 9.17) is 37.9 Å². The Morgan fingerprint density at radius 2 is 0.500 bits per heavy atom. The third-order valence-corrected chi connectivity index (χ3v) is 9.48. The van der Waals surface area contributed by atoms with Crippen LogP contribution in [0.4, 0.5) is 0 Å². The topological polar surface area (TPSA) is 161 Å². The van der Waals surface area contributed by atoms with Crippen LogP contribution in [0.2, 0.25) is 0 Å². The molecule has 0 amide bonds. The van der Waals surface area contributed by atoms with Gasteiger partial charge in [-0.05, 0) is 96.7 Å². The van der Waals surface area contributed by atoms with E-state index in [1.165, 1.54) is 56.9 Å². The van der Waals surface area contributed by atoms with E-state index in [2.05, 4.69) is 9.80 Å². The molecule has 0 atom stereocenters. The van der Waals surface area contributed by atoms with E-state index in [1.807, 2.05) is 0 Å². The molecular formula is C42H56N2O12. The van der Waals surface area contributed by atoms with Gasteiger partial charge in [0.1, 0.15) is 0 Å². The standard InChI is InChI=1S/C42H56N2O12/c1-49-31-15-27(16-32(50-2)39(31)45)23-43(24-28-17-33(51-3)40(46)34(18-28)52-4)13-11-9-10-12-14-44(25-29-19-35(53-5)41(47)36(20-29)54-6)26-30-21-37(55-7)42(48)38(22-30)56-8/h15-22,45-48H,9-14,23-26H2,1-8H3. The Kier molecular flexibility index (Phi) is 16.1. The quantitative estimate of drug-likeness (QED) is 0.0579. The molecule has 0 saturated heterocycles. The fourth-order valence-corrected chi connectivity index (χ4v) is 6.64. The molecular weight excluding hydrogens is 724 g/mol. The van der Waals surface area contributed by atoms with Gasteiger partial charge in [0.05, 0.1) is 56.9 Å². The highest BCUT2D eigenvalue weighted by atomic mass is 16.5. The Bertz CT molecular complexity index is 1520. The van der Waals surface area contributed by atoms with Gasteiger partial charge >= 0.3 is 0 Å². The van der Waals surface area contributed by atoms with Crippen molar-refractivity contribution < 1.29 is 58.3 Å². The van der Waals surface area contributed by atoms with E-state index in [0.717, 1.165) is 61.0 Å². The third-order valence-electron chi connectivity index (χ3n) is 9.48. The van der Waals surface area contributed by atoms with Crippen LogP contribution in [0.1, 0.15) is 47.9 Å². The van der Waals surface area contributed by atoms with Crippen LogP contribution in [0.15, 0.2) is 48.5 Å². The van der Waals surface area contributed by atoms with Crippen molar-refractivity contribution in [3.8, 4) is 69.0 Å². The predicted molar refractivity (Wildman–Crippen MR) is 212 cm³/mol. The van der Waals surface area contributed by atoms with E-state index in [1.54, 1.807) is 48.5 Å². The first kappa shape index (κ1) is 43.1. The highest BCUT2D eigenvalue weighted by Crippen LogP contribution is 2.41. The van der Waals surface area contributed by atoms with Gasteiger partial charge in [0, 0.05) is 26.2 Å². The molecule has 4 rings (SSSR count). The molecule has 0 heterocycles. The molecule has 0 aliphatic heterocycles. The van der Waals surface area contributed by atoms with Crippen LogP contribution in [-0.2, 0) is 26.2 Å². The van der Waals surface area contributed by atoms with E-state index in [0.29, 0.717) is 72.2 Å². The SMILES string of the molecule is COc1cc(CN(CCCCCCN(Cc2cc(OC)c(O)c(OC)c2)Cc2cc(OC)c(O)c(OC)c2)Cc2cc(OC)c(O)c(OC)c2)cc(OC)c1O. The molecule has 0 unspecified atom stereocenters. The van der Waals surface area contributed by atoms with Gasteiger partial charge in [0.25, 0.3) is 0 Å². The summed E-state index contributed by atoms with van der Waals surface area (Å²) >= 11 is 0. The van der Waals surface area contributed by atoms with Gasteiger partial charge < -0.3 is 58.3 Å². The second-order valence-corrected chi connectivity index (χ2v) is 13.2. The molecule has 14 nitrogen and oxygen atoms in total. The zero-order chi connectivity index (χ0) is 40.8. The first-order valence-electron chi connectivity index (χ1n) is 18.2. The minimum Gasteiger partial charge on any atom is -0.502 e. The smallest absolute Gasteiger partial charge is 0.200 e. The number of hydrogen-bond donors (Lipinski definition) is 4.